The predicted molar refractivity (Wildman–Crippen MR) is 46.5 cm³/mol. The van der Waals surface area contributed by atoms with Crippen LogP contribution >= 0.6 is 32.8 Å². The number of ether oxygens (including phenoxy) is 1. The van der Waals surface area contributed by atoms with Crippen LogP contribution in [0.25, 0.3) is 0 Å². The van der Waals surface area contributed by atoms with Crippen LogP contribution in [0, 0.1) is 0 Å². The van der Waals surface area contributed by atoms with Crippen LogP contribution in [0.15, 0.2) is 0 Å². The molecule has 0 rings (SSSR count). The summed E-state index contributed by atoms with van der Waals surface area (Å²) in [5.74, 6) is 0. The third-order valence-electron chi connectivity index (χ3n) is 0.549. The van der Waals surface area contributed by atoms with Gasteiger partial charge in [-0.1, -0.05) is 0 Å². The van der Waals surface area contributed by atoms with Gasteiger partial charge in [0.25, 0.3) is 0 Å². The van der Waals surface area contributed by atoms with E-state index in [1.54, 1.807) is 0 Å². The third kappa shape index (κ3) is 8.26. The molecule has 0 radical (unpaired) electrons. The van der Waals surface area contributed by atoms with Crippen LogP contribution in [0.3, 0.4) is 0 Å². The molecule has 0 saturated carbocycles. The van der Waals surface area contributed by atoms with Crippen LogP contribution in [0.1, 0.15) is 6.92 Å². The molecule has 0 aliphatic carbocycles. The van der Waals surface area contributed by atoms with E-state index in [4.69, 9.17) is 14.7 Å². The van der Waals surface area contributed by atoms with Gasteiger partial charge >= 0.3 is 51.4 Å². The molecule has 0 aromatic rings. The molecule has 3 N–H and O–H groups in total. The van der Waals surface area contributed by atoms with Crippen molar-refractivity contribution >= 4 is 38.5 Å². The molecule has 0 atom stereocenters. The monoisotopic (exact) mass is 228 g/mol. The zero-order valence-corrected chi connectivity index (χ0v) is 8.31. The van der Waals surface area contributed by atoms with Crippen molar-refractivity contribution in [2.75, 3.05) is 6.61 Å². The van der Waals surface area contributed by atoms with Crippen molar-refractivity contribution in [2.45, 2.75) is 6.92 Å². The second-order valence-corrected chi connectivity index (χ2v) is 3.03. The van der Waals surface area contributed by atoms with E-state index in [1.165, 1.54) is 6.92 Å². The molecule has 0 heterocycles. The fraction of sp³-hybridized carbons (Fsp3) is 0.667. The first-order valence-electron chi connectivity index (χ1n) is 2.32. The first kappa shape index (κ1) is 17.4. The molecule has 0 fully saturated rings. The van der Waals surface area contributed by atoms with Crippen LogP contribution in [0.4, 0.5) is 4.79 Å². The molecule has 0 bridgehead atoms. The van der Waals surface area contributed by atoms with E-state index in [-0.39, 0.29) is 31.4 Å². The Hall–Kier alpha value is 0.360. The van der Waals surface area contributed by atoms with Gasteiger partial charge in [0.2, 0.25) is 0 Å². The maximum atomic E-state index is 10.2. The smallest absolute Gasteiger partial charge is 0.147 e. The Labute approximate surface area is 76.8 Å². The van der Waals surface area contributed by atoms with E-state index in [1.807, 2.05) is 0 Å². The molecule has 0 aliphatic rings. The van der Waals surface area contributed by atoms with Crippen molar-refractivity contribution in [3.05, 3.63) is 0 Å². The van der Waals surface area contributed by atoms with Crippen molar-refractivity contribution in [3.8, 4) is 0 Å². The van der Waals surface area contributed by atoms with Gasteiger partial charge in [-0.2, -0.15) is 0 Å². The second-order valence-electron chi connectivity index (χ2n) is 1.36. The Morgan fingerprint density at radius 1 is 1.36 bits per heavy atom. The van der Waals surface area contributed by atoms with Crippen molar-refractivity contribution in [1.82, 2.24) is 0 Å². The Kier molecular flexibility index (Phi) is 11.2. The largest absolute Gasteiger partial charge is 0.147 e. The number of hydrogen-bond donors (Lipinski definition) is 3. The van der Waals surface area contributed by atoms with Gasteiger partial charge in [0.1, 0.15) is 0 Å². The van der Waals surface area contributed by atoms with Crippen LogP contribution in [0.5, 0.6) is 0 Å². The summed E-state index contributed by atoms with van der Waals surface area (Å²) in [5, 5.41) is 0. The third-order valence-corrected chi connectivity index (χ3v) is 1.24. The summed E-state index contributed by atoms with van der Waals surface area (Å²) < 4.78 is 4.08. The van der Waals surface area contributed by atoms with Gasteiger partial charge in [0.05, 0.1) is 0 Å². The summed E-state index contributed by atoms with van der Waals surface area (Å²) in [5.41, 5.74) is -1.33. The maximum Gasteiger partial charge on any atom is -0.147 e. The summed E-state index contributed by atoms with van der Waals surface area (Å²) in [7, 11) is -4.64. The molecule has 0 aliphatic heterocycles. The minimum atomic E-state index is -4.64. The zero-order valence-electron chi connectivity index (χ0n) is 5.68. The second kappa shape index (κ2) is 7.03. The van der Waals surface area contributed by atoms with Gasteiger partial charge in [-0.15, -0.1) is 24.8 Å². The minimum Gasteiger partial charge on any atom is -0.147 e. The molecule has 0 spiro atoms. The van der Waals surface area contributed by atoms with E-state index in [9.17, 15) is 4.79 Å². The minimum absolute atomic E-state index is 0. The van der Waals surface area contributed by atoms with E-state index >= 15 is 0 Å². The summed E-state index contributed by atoms with van der Waals surface area (Å²) in [6.07, 6.45) is 0. The summed E-state index contributed by atoms with van der Waals surface area (Å²) in [4.78, 5) is 34.7. The van der Waals surface area contributed by atoms with Gasteiger partial charge in [-0.25, -0.2) is 0 Å². The molecule has 11 heavy (non-hydrogen) atoms. The van der Waals surface area contributed by atoms with E-state index in [0.29, 0.717) is 0 Å². The molecule has 0 saturated heterocycles. The topological polar surface area (TPSA) is 87.0 Å². The average molecular weight is 229 g/mol. The van der Waals surface area contributed by atoms with Crippen molar-refractivity contribution in [3.63, 3.8) is 0 Å². The fourth-order valence-electron chi connectivity index (χ4n) is 0.228. The Bertz CT molecular complexity index is 113. The fourth-order valence-corrected chi connectivity index (χ4v) is 0.566. The molecular weight excluding hydrogens is 218 g/mol. The number of carbonyl (C=O) groups is 1. The van der Waals surface area contributed by atoms with Gasteiger partial charge < -0.3 is 0 Å². The molecular formula is C3H11Cl2O5P. The Balaban J connectivity index is -0.000000320. The predicted octanol–water partition coefficient (Wildman–Crippen LogP) is 0.458. The summed E-state index contributed by atoms with van der Waals surface area (Å²) >= 11 is 0. The van der Waals surface area contributed by atoms with Crippen molar-refractivity contribution in [1.29, 1.82) is 0 Å². The Morgan fingerprint density at radius 3 is 1.82 bits per heavy atom. The van der Waals surface area contributed by atoms with Crippen molar-refractivity contribution in [2.24, 2.45) is 0 Å². The standard InChI is InChI=1S/C3H9O5P.2ClH/c1-2-8-3(4)9(5,6)7;;/h5-7,9H,2H2,1H3;2*1H. The maximum absolute atomic E-state index is 10.2. The van der Waals surface area contributed by atoms with E-state index in [2.05, 4.69) is 4.74 Å². The van der Waals surface area contributed by atoms with Gasteiger partial charge in [-0.3, -0.25) is 0 Å². The number of hydrogen-bond acceptors (Lipinski definition) is 5. The van der Waals surface area contributed by atoms with Crippen LogP contribution in [0.2, 0.25) is 0 Å². The quantitative estimate of drug-likeness (QED) is 0.598. The first-order valence-corrected chi connectivity index (χ1v) is 4.17. The molecule has 0 aromatic heterocycles. The summed E-state index contributed by atoms with van der Waals surface area (Å²) in [6, 6.07) is 0. The van der Waals surface area contributed by atoms with Crippen LogP contribution < -0.4 is 0 Å². The van der Waals surface area contributed by atoms with Gasteiger partial charge in [-0.05, 0) is 0 Å². The average Bonchev–Trinajstić information content (AvgIpc) is 1.64. The van der Waals surface area contributed by atoms with Crippen LogP contribution in [-0.2, 0) is 4.74 Å². The first-order chi connectivity index (χ1) is 3.98. The molecule has 8 heteroatoms. The normalized spacial score (nSPS) is 10.5. The van der Waals surface area contributed by atoms with E-state index < -0.39 is 13.7 Å². The van der Waals surface area contributed by atoms with Crippen LogP contribution in [-0.4, -0.2) is 27.0 Å². The van der Waals surface area contributed by atoms with Gasteiger partial charge in [0, 0.05) is 0 Å². The number of halogens is 2. The number of carbonyl (C=O) groups excluding carboxylic acids is 1. The zero-order chi connectivity index (χ0) is 7.49. The van der Waals surface area contributed by atoms with E-state index in [0.717, 1.165) is 0 Å². The molecule has 0 unspecified atom stereocenters. The SMILES string of the molecule is CCOC(=O)[PH](O)(O)O.Cl.Cl. The molecule has 5 nitrogen and oxygen atoms in total. The molecule has 72 valence electrons. The molecule has 0 aromatic carbocycles. The van der Waals surface area contributed by atoms with Gasteiger partial charge in [0.15, 0.2) is 0 Å². The molecule has 0 amide bonds. The Morgan fingerprint density at radius 2 is 1.73 bits per heavy atom. The van der Waals surface area contributed by atoms with Crippen molar-refractivity contribution < 1.29 is 24.2 Å². The number of rotatable bonds is 2. The summed E-state index contributed by atoms with van der Waals surface area (Å²) in [6.45, 7) is 1.52.